The van der Waals surface area contributed by atoms with Gasteiger partial charge in [-0.3, -0.25) is 9.59 Å². The molecule has 0 radical (unpaired) electrons. The van der Waals surface area contributed by atoms with Gasteiger partial charge in [-0.05, 0) is 13.0 Å². The standard InChI is InChI=1S/C10H22N2O5Si/c1-8(13)12-7-9(14)10(5-6-11)18(15-2,16-3)17-4/h10H,5-7,11H2,1-4H3,(H,12,13). The second-order valence-corrected chi connectivity index (χ2v) is 6.85. The van der Waals surface area contributed by atoms with Gasteiger partial charge in [-0.1, -0.05) is 0 Å². The van der Waals surface area contributed by atoms with E-state index in [2.05, 4.69) is 5.32 Å². The van der Waals surface area contributed by atoms with Gasteiger partial charge in [-0.25, -0.2) is 0 Å². The summed E-state index contributed by atoms with van der Waals surface area (Å²) in [6.45, 7) is 1.57. The van der Waals surface area contributed by atoms with Crippen LogP contribution in [-0.4, -0.2) is 54.9 Å². The first-order valence-corrected chi connectivity index (χ1v) is 7.40. The number of nitrogens with two attached hydrogens (primary N) is 1. The maximum Gasteiger partial charge on any atom is 0.511 e. The van der Waals surface area contributed by atoms with Crippen LogP contribution >= 0.6 is 0 Å². The minimum absolute atomic E-state index is 0.0785. The van der Waals surface area contributed by atoms with Crippen LogP contribution in [0.1, 0.15) is 13.3 Å². The van der Waals surface area contributed by atoms with Crippen LogP contribution in [0.5, 0.6) is 0 Å². The van der Waals surface area contributed by atoms with E-state index in [-0.39, 0.29) is 18.2 Å². The zero-order valence-corrected chi connectivity index (χ0v) is 12.3. The summed E-state index contributed by atoms with van der Waals surface area (Å²) >= 11 is 0. The molecule has 0 rings (SSSR count). The van der Waals surface area contributed by atoms with Crippen LogP contribution in [0.4, 0.5) is 0 Å². The van der Waals surface area contributed by atoms with Crippen LogP contribution in [0.2, 0.25) is 5.54 Å². The van der Waals surface area contributed by atoms with Crippen LogP contribution in [0, 0.1) is 0 Å². The number of nitrogens with one attached hydrogen (secondary N) is 1. The van der Waals surface area contributed by atoms with Crippen molar-refractivity contribution in [3.05, 3.63) is 0 Å². The normalized spacial score (nSPS) is 13.2. The number of carbonyl (C=O) groups excluding carboxylic acids is 2. The van der Waals surface area contributed by atoms with Crippen LogP contribution < -0.4 is 11.1 Å². The molecule has 0 aromatic heterocycles. The number of carbonyl (C=O) groups is 2. The lowest BCUT2D eigenvalue weighted by atomic mass is 10.2. The average molecular weight is 278 g/mol. The molecule has 106 valence electrons. The van der Waals surface area contributed by atoms with Crippen molar-refractivity contribution in [1.29, 1.82) is 0 Å². The van der Waals surface area contributed by atoms with E-state index in [9.17, 15) is 9.59 Å². The predicted octanol–water partition coefficient (Wildman–Crippen LogP) is -0.711. The molecule has 0 heterocycles. The fourth-order valence-electron chi connectivity index (χ4n) is 1.71. The lowest BCUT2D eigenvalue weighted by Gasteiger charge is -2.31. The summed E-state index contributed by atoms with van der Waals surface area (Å²) in [7, 11) is 1.23. The van der Waals surface area contributed by atoms with Gasteiger partial charge in [0.1, 0.15) is 0 Å². The van der Waals surface area contributed by atoms with Crippen LogP contribution in [0.15, 0.2) is 0 Å². The molecule has 0 aromatic carbocycles. The summed E-state index contributed by atoms with van der Waals surface area (Å²) in [6.07, 6.45) is 0.389. The van der Waals surface area contributed by atoms with Crippen LogP contribution in [-0.2, 0) is 22.9 Å². The molecule has 8 heteroatoms. The van der Waals surface area contributed by atoms with E-state index < -0.39 is 14.3 Å². The van der Waals surface area contributed by atoms with Gasteiger partial charge in [0.25, 0.3) is 0 Å². The molecule has 0 aromatic rings. The Balaban J connectivity index is 4.90. The Morgan fingerprint density at radius 2 is 1.72 bits per heavy atom. The molecule has 3 N–H and O–H groups in total. The van der Waals surface area contributed by atoms with E-state index in [1.807, 2.05) is 0 Å². The largest absolute Gasteiger partial charge is 0.511 e. The highest BCUT2D eigenvalue weighted by Gasteiger charge is 2.50. The third-order valence-electron chi connectivity index (χ3n) is 2.64. The molecule has 1 unspecified atom stereocenters. The summed E-state index contributed by atoms with van der Waals surface area (Å²) in [5, 5.41) is 2.45. The van der Waals surface area contributed by atoms with E-state index in [0.29, 0.717) is 13.0 Å². The fourth-order valence-corrected chi connectivity index (χ4v) is 4.08. The quantitative estimate of drug-likeness (QED) is 0.540. The Morgan fingerprint density at radius 1 is 1.22 bits per heavy atom. The van der Waals surface area contributed by atoms with Crippen molar-refractivity contribution < 1.29 is 22.9 Å². The molecule has 0 aliphatic heterocycles. The van der Waals surface area contributed by atoms with Crippen molar-refractivity contribution in [1.82, 2.24) is 5.32 Å². The number of amides is 1. The van der Waals surface area contributed by atoms with Gasteiger partial charge < -0.3 is 24.3 Å². The topological polar surface area (TPSA) is 99.9 Å². The van der Waals surface area contributed by atoms with Crippen molar-refractivity contribution in [2.24, 2.45) is 5.73 Å². The highest BCUT2D eigenvalue weighted by atomic mass is 28.4. The van der Waals surface area contributed by atoms with Gasteiger partial charge >= 0.3 is 8.80 Å². The number of hydrogen-bond acceptors (Lipinski definition) is 6. The molecule has 0 fully saturated rings. The first kappa shape index (κ1) is 17.2. The Bertz CT molecular complexity index is 275. The molecule has 0 saturated heterocycles. The summed E-state index contributed by atoms with van der Waals surface area (Å²) in [5.74, 6) is -0.470. The Morgan fingerprint density at radius 3 is 2.06 bits per heavy atom. The molecule has 0 aliphatic carbocycles. The maximum absolute atomic E-state index is 12.1. The Kier molecular flexibility index (Phi) is 7.95. The van der Waals surface area contributed by atoms with E-state index in [4.69, 9.17) is 19.0 Å². The minimum Gasteiger partial charge on any atom is -0.376 e. The third-order valence-corrected chi connectivity index (χ3v) is 5.81. The van der Waals surface area contributed by atoms with Gasteiger partial charge in [0, 0.05) is 28.3 Å². The summed E-state index contributed by atoms with van der Waals surface area (Å²) in [4.78, 5) is 22.9. The molecule has 0 saturated carbocycles. The molecular weight excluding hydrogens is 256 g/mol. The number of rotatable bonds is 9. The fraction of sp³-hybridized carbons (Fsp3) is 0.800. The number of ketones is 1. The number of hydrogen-bond donors (Lipinski definition) is 2. The predicted molar refractivity (Wildman–Crippen MR) is 67.9 cm³/mol. The lowest BCUT2D eigenvalue weighted by molar-refractivity contribution is -0.124. The van der Waals surface area contributed by atoms with Crippen molar-refractivity contribution in [2.45, 2.75) is 18.9 Å². The molecule has 0 bridgehead atoms. The van der Waals surface area contributed by atoms with E-state index in [1.54, 1.807) is 0 Å². The van der Waals surface area contributed by atoms with E-state index in [1.165, 1.54) is 28.3 Å². The van der Waals surface area contributed by atoms with Gasteiger partial charge in [-0.2, -0.15) is 0 Å². The zero-order valence-electron chi connectivity index (χ0n) is 11.3. The second-order valence-electron chi connectivity index (χ2n) is 3.72. The van der Waals surface area contributed by atoms with Gasteiger partial charge in [-0.15, -0.1) is 0 Å². The van der Waals surface area contributed by atoms with Crippen molar-refractivity contribution in [3.8, 4) is 0 Å². The first-order chi connectivity index (χ1) is 8.47. The lowest BCUT2D eigenvalue weighted by Crippen LogP contribution is -2.52. The summed E-state index contributed by atoms with van der Waals surface area (Å²) in [6, 6.07) is 0. The first-order valence-electron chi connectivity index (χ1n) is 5.60. The number of Topliss-reactive ketones (excluding diaryl/α,β-unsaturated/α-hetero) is 1. The Labute approximate surface area is 108 Å². The zero-order chi connectivity index (χ0) is 14.2. The molecule has 0 aliphatic rings. The van der Waals surface area contributed by atoms with E-state index in [0.717, 1.165) is 0 Å². The maximum atomic E-state index is 12.1. The molecule has 18 heavy (non-hydrogen) atoms. The van der Waals surface area contributed by atoms with Crippen LogP contribution in [0.3, 0.4) is 0 Å². The van der Waals surface area contributed by atoms with Crippen molar-refractivity contribution in [2.75, 3.05) is 34.4 Å². The third kappa shape index (κ3) is 4.46. The molecular formula is C10H22N2O5Si. The van der Waals surface area contributed by atoms with Gasteiger partial charge in [0.2, 0.25) is 5.91 Å². The van der Waals surface area contributed by atoms with Gasteiger partial charge in [0.05, 0.1) is 12.1 Å². The Hall–Kier alpha value is -0.803. The molecule has 0 spiro atoms. The van der Waals surface area contributed by atoms with E-state index >= 15 is 0 Å². The second kappa shape index (κ2) is 8.33. The smallest absolute Gasteiger partial charge is 0.376 e. The molecule has 7 nitrogen and oxygen atoms in total. The van der Waals surface area contributed by atoms with Crippen LogP contribution in [0.25, 0.3) is 0 Å². The highest BCUT2D eigenvalue weighted by molar-refractivity contribution is 6.66. The van der Waals surface area contributed by atoms with Crippen molar-refractivity contribution >= 4 is 20.5 Å². The summed E-state index contributed by atoms with van der Waals surface area (Å²) in [5.41, 5.74) is 4.93. The molecule has 1 amide bonds. The minimum atomic E-state index is -3.08. The SMILES string of the molecule is CO[Si](OC)(OC)C(CCN)C(=O)CNC(C)=O. The van der Waals surface area contributed by atoms with Gasteiger partial charge in [0.15, 0.2) is 5.78 Å². The molecule has 1 atom stereocenters. The highest BCUT2D eigenvalue weighted by Crippen LogP contribution is 2.28. The van der Waals surface area contributed by atoms with Crippen molar-refractivity contribution in [3.63, 3.8) is 0 Å². The summed E-state index contributed by atoms with van der Waals surface area (Å²) < 4.78 is 15.9. The average Bonchev–Trinajstić information content (AvgIpc) is 2.37. The monoisotopic (exact) mass is 278 g/mol.